The summed E-state index contributed by atoms with van der Waals surface area (Å²) >= 11 is 1.40. The summed E-state index contributed by atoms with van der Waals surface area (Å²) in [5.41, 5.74) is 1.44. The molecule has 0 unspecified atom stereocenters. The fourth-order valence-corrected chi connectivity index (χ4v) is 3.20. The van der Waals surface area contributed by atoms with Crippen LogP contribution in [0.1, 0.15) is 12.8 Å². The summed E-state index contributed by atoms with van der Waals surface area (Å²) in [6.45, 7) is 2.55. The fraction of sp³-hybridized carbons (Fsp3) is 0.211. The quantitative estimate of drug-likeness (QED) is 0.624. The Hall–Kier alpha value is -2.67. The Kier molecular flexibility index (Phi) is 6.01. The normalized spacial score (nSPS) is 10.7. The van der Waals surface area contributed by atoms with Gasteiger partial charge in [-0.1, -0.05) is 35.5 Å². The zero-order valence-electron chi connectivity index (χ0n) is 14.3. The van der Waals surface area contributed by atoms with Gasteiger partial charge in [0, 0.05) is 17.8 Å². The first-order valence-corrected chi connectivity index (χ1v) is 9.34. The number of hydrogen-bond acceptors (Lipinski definition) is 5. The minimum atomic E-state index is -0.352. The molecule has 2 aromatic carbocycles. The van der Waals surface area contributed by atoms with Crippen LogP contribution >= 0.6 is 11.8 Å². The number of amides is 1. The van der Waals surface area contributed by atoms with Crippen molar-refractivity contribution in [3.63, 3.8) is 0 Å². The first-order valence-electron chi connectivity index (χ1n) is 8.19. The van der Waals surface area contributed by atoms with Crippen molar-refractivity contribution in [1.82, 2.24) is 10.1 Å². The Balaban J connectivity index is 1.56. The Labute approximate surface area is 155 Å². The molecule has 0 bridgehead atoms. The smallest absolute Gasteiger partial charge is 0.236 e. The number of rotatable bonds is 7. The zero-order chi connectivity index (χ0) is 18.4. The van der Waals surface area contributed by atoms with Crippen LogP contribution in [0.2, 0.25) is 0 Å². The summed E-state index contributed by atoms with van der Waals surface area (Å²) in [5.74, 6) is 1.14. The average Bonchev–Trinajstić information content (AvgIpc) is 3.12. The number of nitrogens with zero attached hydrogens (tertiary/aromatic N) is 3. The van der Waals surface area contributed by atoms with Gasteiger partial charge < -0.3 is 9.42 Å². The molecule has 3 aromatic rings. The minimum Gasteiger partial charge on any atom is -0.338 e. The maximum atomic E-state index is 13.3. The first-order chi connectivity index (χ1) is 12.7. The van der Waals surface area contributed by atoms with Crippen LogP contribution in [-0.2, 0) is 10.5 Å². The van der Waals surface area contributed by atoms with Gasteiger partial charge in [-0.25, -0.2) is 4.39 Å². The van der Waals surface area contributed by atoms with E-state index in [-0.39, 0.29) is 11.7 Å². The maximum Gasteiger partial charge on any atom is 0.236 e. The largest absolute Gasteiger partial charge is 0.338 e. The molecular formula is C19H18FN3O2S. The van der Waals surface area contributed by atoms with E-state index in [4.69, 9.17) is 4.52 Å². The summed E-state index contributed by atoms with van der Waals surface area (Å²) in [5, 5.41) is 3.86. The van der Waals surface area contributed by atoms with Gasteiger partial charge in [-0.3, -0.25) is 4.79 Å². The monoisotopic (exact) mass is 371 g/mol. The highest BCUT2D eigenvalue weighted by Crippen LogP contribution is 2.20. The minimum absolute atomic E-state index is 0.0218. The highest BCUT2D eigenvalue weighted by atomic mass is 32.2. The Morgan fingerprint density at radius 2 is 2.00 bits per heavy atom. The lowest BCUT2D eigenvalue weighted by molar-refractivity contribution is -0.116. The molecule has 5 nitrogen and oxygen atoms in total. The van der Waals surface area contributed by atoms with Gasteiger partial charge in [0.1, 0.15) is 5.82 Å². The topological polar surface area (TPSA) is 59.2 Å². The van der Waals surface area contributed by atoms with E-state index in [2.05, 4.69) is 10.1 Å². The summed E-state index contributed by atoms with van der Waals surface area (Å²) in [6, 6.07) is 15.6. The molecule has 134 valence electrons. The first kappa shape index (κ1) is 18.1. The molecule has 3 rings (SSSR count). The number of carbonyl (C=O) groups is 1. The average molecular weight is 371 g/mol. The Morgan fingerprint density at radius 3 is 2.73 bits per heavy atom. The number of hydrogen-bond donors (Lipinski definition) is 0. The highest BCUT2D eigenvalue weighted by molar-refractivity contribution is 7.99. The molecule has 0 aliphatic heterocycles. The number of carbonyl (C=O) groups excluding carboxylic acids is 1. The number of anilines is 1. The van der Waals surface area contributed by atoms with E-state index in [1.807, 2.05) is 37.3 Å². The van der Waals surface area contributed by atoms with Gasteiger partial charge in [-0.05, 0) is 31.2 Å². The van der Waals surface area contributed by atoms with Gasteiger partial charge in [0.15, 0.2) is 0 Å². The molecular weight excluding hydrogens is 353 g/mol. The second kappa shape index (κ2) is 8.62. The predicted octanol–water partition coefficient (Wildman–Crippen LogP) is 4.16. The van der Waals surface area contributed by atoms with Gasteiger partial charge in [-0.2, -0.15) is 4.98 Å². The van der Waals surface area contributed by atoms with Crippen molar-refractivity contribution >= 4 is 23.4 Å². The van der Waals surface area contributed by atoms with Crippen LogP contribution in [0.4, 0.5) is 10.1 Å². The molecule has 1 amide bonds. The Bertz CT molecular complexity index is 870. The molecule has 7 heteroatoms. The maximum absolute atomic E-state index is 13.3. The molecule has 0 fully saturated rings. The SMILES string of the molecule is CCN(C(=O)CSCc1nc(-c2cccc(F)c2)no1)c1ccccc1. The van der Waals surface area contributed by atoms with Crippen molar-refractivity contribution in [3.05, 3.63) is 66.3 Å². The number of para-hydroxylation sites is 1. The molecule has 1 heterocycles. The summed E-state index contributed by atoms with van der Waals surface area (Å²) < 4.78 is 18.5. The van der Waals surface area contributed by atoms with Gasteiger partial charge in [-0.15, -0.1) is 11.8 Å². The molecule has 0 atom stereocenters. The van der Waals surface area contributed by atoms with Crippen LogP contribution in [0, 0.1) is 5.82 Å². The van der Waals surface area contributed by atoms with Crippen LogP contribution in [-0.4, -0.2) is 28.3 Å². The van der Waals surface area contributed by atoms with Crippen molar-refractivity contribution in [2.75, 3.05) is 17.2 Å². The lowest BCUT2D eigenvalue weighted by Crippen LogP contribution is -2.32. The molecule has 0 saturated heterocycles. The van der Waals surface area contributed by atoms with Crippen molar-refractivity contribution < 1.29 is 13.7 Å². The van der Waals surface area contributed by atoms with Crippen molar-refractivity contribution in [3.8, 4) is 11.4 Å². The van der Waals surface area contributed by atoms with E-state index in [0.717, 1.165) is 5.69 Å². The lowest BCUT2D eigenvalue weighted by Gasteiger charge is -2.20. The van der Waals surface area contributed by atoms with E-state index < -0.39 is 0 Å². The fourth-order valence-electron chi connectivity index (χ4n) is 2.47. The van der Waals surface area contributed by atoms with Crippen LogP contribution in [0.3, 0.4) is 0 Å². The van der Waals surface area contributed by atoms with Crippen molar-refractivity contribution in [2.24, 2.45) is 0 Å². The van der Waals surface area contributed by atoms with Crippen molar-refractivity contribution in [1.29, 1.82) is 0 Å². The second-order valence-electron chi connectivity index (χ2n) is 5.49. The zero-order valence-corrected chi connectivity index (χ0v) is 15.1. The Morgan fingerprint density at radius 1 is 1.19 bits per heavy atom. The molecule has 0 radical (unpaired) electrons. The summed E-state index contributed by atoms with van der Waals surface area (Å²) in [6.07, 6.45) is 0. The van der Waals surface area contributed by atoms with Crippen LogP contribution in [0.25, 0.3) is 11.4 Å². The molecule has 1 aromatic heterocycles. The second-order valence-corrected chi connectivity index (χ2v) is 6.47. The van der Waals surface area contributed by atoms with Crippen molar-refractivity contribution in [2.45, 2.75) is 12.7 Å². The third-order valence-electron chi connectivity index (χ3n) is 3.69. The van der Waals surface area contributed by atoms with Crippen LogP contribution < -0.4 is 4.90 Å². The molecule has 26 heavy (non-hydrogen) atoms. The van der Waals surface area contributed by atoms with E-state index in [9.17, 15) is 9.18 Å². The third kappa shape index (κ3) is 4.49. The predicted molar refractivity (Wildman–Crippen MR) is 100 cm³/mol. The highest BCUT2D eigenvalue weighted by Gasteiger charge is 2.15. The lowest BCUT2D eigenvalue weighted by atomic mass is 10.2. The van der Waals surface area contributed by atoms with E-state index in [1.54, 1.807) is 17.0 Å². The summed E-state index contributed by atoms with van der Waals surface area (Å²) in [7, 11) is 0. The van der Waals surface area contributed by atoms with Crippen LogP contribution in [0.15, 0.2) is 59.1 Å². The number of thioether (sulfide) groups is 1. The number of benzene rings is 2. The number of halogens is 1. The summed E-state index contributed by atoms with van der Waals surface area (Å²) in [4.78, 5) is 18.4. The van der Waals surface area contributed by atoms with Gasteiger partial charge in [0.25, 0.3) is 0 Å². The van der Waals surface area contributed by atoms with Gasteiger partial charge in [0.2, 0.25) is 17.6 Å². The van der Waals surface area contributed by atoms with E-state index in [0.29, 0.717) is 35.3 Å². The molecule has 0 N–H and O–H groups in total. The molecule has 0 aliphatic carbocycles. The molecule has 0 saturated carbocycles. The van der Waals surface area contributed by atoms with Gasteiger partial charge in [0.05, 0.1) is 11.5 Å². The van der Waals surface area contributed by atoms with Gasteiger partial charge >= 0.3 is 0 Å². The molecule has 0 spiro atoms. The standard InChI is InChI=1S/C19H18FN3O2S/c1-2-23(16-9-4-3-5-10-16)18(24)13-26-12-17-21-19(22-25-17)14-7-6-8-15(20)11-14/h3-11H,2,12-13H2,1H3. The van der Waals surface area contributed by atoms with E-state index in [1.165, 1.54) is 23.9 Å². The third-order valence-corrected chi connectivity index (χ3v) is 4.59. The van der Waals surface area contributed by atoms with Crippen LogP contribution in [0.5, 0.6) is 0 Å². The van der Waals surface area contributed by atoms with E-state index >= 15 is 0 Å². The number of aromatic nitrogens is 2. The molecule has 0 aliphatic rings.